The van der Waals surface area contributed by atoms with Crippen molar-refractivity contribution < 1.29 is 23.0 Å². The van der Waals surface area contributed by atoms with Gasteiger partial charge >= 0.3 is 0 Å². The molecule has 3 N–H and O–H groups in total. The van der Waals surface area contributed by atoms with Crippen molar-refractivity contribution >= 4 is 44.8 Å². The van der Waals surface area contributed by atoms with Gasteiger partial charge in [-0.1, -0.05) is 48.5 Å². The van der Waals surface area contributed by atoms with E-state index in [-0.39, 0.29) is 42.6 Å². The maximum absolute atomic E-state index is 12.9. The van der Waals surface area contributed by atoms with Gasteiger partial charge in [-0.05, 0) is 48.7 Å². The molecular weight excluding hydrogens is 575 g/mol. The average Bonchev–Trinajstić information content (AvgIpc) is 2.92. The Hall–Kier alpha value is -2.46. The molecule has 0 bridgehead atoms. The summed E-state index contributed by atoms with van der Waals surface area (Å²) < 4.78 is 36.8. The number of hydrogen-bond donors (Lipinski definition) is 3. The van der Waals surface area contributed by atoms with Gasteiger partial charge in [0.25, 0.3) is 10.0 Å². The Bertz CT molecular complexity index is 1430. The third-order valence-electron chi connectivity index (χ3n) is 6.38. The van der Waals surface area contributed by atoms with E-state index in [9.17, 15) is 13.5 Å². The van der Waals surface area contributed by atoms with Gasteiger partial charge in [0.15, 0.2) is 6.10 Å². The van der Waals surface area contributed by atoms with Gasteiger partial charge in [0, 0.05) is 24.7 Å². The molecule has 3 atom stereocenters. The van der Waals surface area contributed by atoms with E-state index in [0.29, 0.717) is 12.3 Å². The minimum atomic E-state index is -3.99. The molecule has 0 radical (unpaired) electrons. The van der Waals surface area contributed by atoms with Gasteiger partial charge in [-0.15, -0.1) is 28.8 Å². The molecule has 12 heteroatoms. The van der Waals surface area contributed by atoms with Crippen LogP contribution in [0.2, 0.25) is 0 Å². The number of hydrogen-bond acceptors (Lipinski definition) is 8. The lowest BCUT2D eigenvalue weighted by Gasteiger charge is -2.34. The molecule has 3 aromatic carbocycles. The lowest BCUT2D eigenvalue weighted by molar-refractivity contribution is -0.0247. The Balaban J connectivity index is 0.00000441. The average molecular weight is 610 g/mol. The van der Waals surface area contributed by atoms with Crippen LogP contribution in [0, 0.1) is 11.3 Å². The van der Waals surface area contributed by atoms with Crippen molar-refractivity contribution in [2.45, 2.75) is 48.4 Å². The number of ether oxygens (including phenoxy) is 2. The summed E-state index contributed by atoms with van der Waals surface area (Å²) in [5, 5.41) is 26.7. The van der Waals surface area contributed by atoms with Gasteiger partial charge in [0.2, 0.25) is 0 Å². The van der Waals surface area contributed by atoms with Crippen molar-refractivity contribution in [3.63, 3.8) is 0 Å². The van der Waals surface area contributed by atoms with Crippen molar-refractivity contribution in [2.24, 2.45) is 0 Å². The lowest BCUT2D eigenvalue weighted by atomic mass is 9.93. The van der Waals surface area contributed by atoms with Gasteiger partial charge in [0.05, 0.1) is 17.6 Å². The molecule has 2 unspecified atom stereocenters. The molecule has 0 saturated carbocycles. The number of aliphatic hydroxyl groups is 1. The predicted molar refractivity (Wildman–Crippen MR) is 157 cm³/mol. The molecule has 4 rings (SSSR count). The second-order valence-corrected chi connectivity index (χ2v) is 12.3. The molecule has 0 spiro atoms. The Labute approximate surface area is 246 Å². The molecule has 0 amide bonds. The summed E-state index contributed by atoms with van der Waals surface area (Å²) in [7, 11) is -3.99. The maximum Gasteiger partial charge on any atom is 0.253 e. The zero-order chi connectivity index (χ0) is 28.0. The zero-order valence-corrected chi connectivity index (χ0v) is 24.7. The quantitative estimate of drug-likeness (QED) is 0.223. The normalized spacial score (nSPS) is 19.0. The van der Waals surface area contributed by atoms with E-state index >= 15 is 0 Å². The van der Waals surface area contributed by atoms with Crippen LogP contribution in [0.4, 0.5) is 0 Å². The van der Waals surface area contributed by atoms with Crippen LogP contribution < -0.4 is 14.9 Å². The number of hydrazine groups is 1. The number of nitriles is 1. The summed E-state index contributed by atoms with van der Waals surface area (Å²) in [6, 6.07) is 22.5. The Morgan fingerprint density at radius 2 is 1.93 bits per heavy atom. The van der Waals surface area contributed by atoms with Gasteiger partial charge in [-0.2, -0.15) is 5.26 Å². The fourth-order valence-corrected chi connectivity index (χ4v) is 5.83. The van der Waals surface area contributed by atoms with Gasteiger partial charge in [-0.3, -0.25) is 0 Å². The van der Waals surface area contributed by atoms with Crippen LogP contribution in [-0.2, 0) is 21.2 Å². The molecule has 1 fully saturated rings. The summed E-state index contributed by atoms with van der Waals surface area (Å²) in [5.41, 5.74) is -0.0386. The van der Waals surface area contributed by atoms with Gasteiger partial charge < -0.3 is 19.9 Å². The van der Waals surface area contributed by atoms with E-state index in [0.717, 1.165) is 6.42 Å². The number of sulfonamides is 1. The highest BCUT2D eigenvalue weighted by Gasteiger charge is 2.33. The van der Waals surface area contributed by atoms with Crippen LogP contribution in [0.15, 0.2) is 71.6 Å². The second kappa shape index (κ2) is 13.9. The number of β-amino-alcohol motifs (C(OH)–C–C–N with tert-alkyl or cyclic N) is 1. The van der Waals surface area contributed by atoms with Crippen LogP contribution in [0.1, 0.15) is 19.4 Å². The smallest absolute Gasteiger partial charge is 0.253 e. The largest absolute Gasteiger partial charge is 0.491 e. The van der Waals surface area contributed by atoms with Crippen LogP contribution in [0.5, 0.6) is 5.75 Å². The van der Waals surface area contributed by atoms with E-state index < -0.39 is 27.7 Å². The highest BCUT2D eigenvalue weighted by Crippen LogP contribution is 2.22. The van der Waals surface area contributed by atoms with Crippen LogP contribution >= 0.6 is 24.0 Å². The number of alkyl halides is 1. The molecule has 3 aromatic rings. The van der Waals surface area contributed by atoms with E-state index in [1.807, 2.05) is 18.2 Å². The van der Waals surface area contributed by atoms with Crippen LogP contribution in [0.25, 0.3) is 10.8 Å². The molecule has 9 nitrogen and oxygen atoms in total. The third kappa shape index (κ3) is 8.52. The van der Waals surface area contributed by atoms with Crippen molar-refractivity contribution in [3.8, 4) is 11.8 Å². The van der Waals surface area contributed by atoms with E-state index in [2.05, 4.69) is 54.3 Å². The third-order valence-corrected chi connectivity index (χ3v) is 8.19. The Morgan fingerprint density at radius 1 is 1.18 bits per heavy atom. The van der Waals surface area contributed by atoms with Crippen LogP contribution in [-0.4, -0.2) is 68.1 Å². The first kappa shape index (κ1) is 32.1. The number of nitrogens with one attached hydrogen (secondary N) is 2. The highest BCUT2D eigenvalue weighted by molar-refractivity contribution is 7.89. The summed E-state index contributed by atoms with van der Waals surface area (Å²) in [4.78, 5) is 2.38. The van der Waals surface area contributed by atoms with Crippen molar-refractivity contribution in [1.29, 1.82) is 5.26 Å². The molecule has 1 aliphatic rings. The molecule has 1 heterocycles. The highest BCUT2D eigenvalue weighted by atomic mass is 35.5. The Morgan fingerprint density at radius 3 is 2.67 bits per heavy atom. The van der Waals surface area contributed by atoms with E-state index in [1.54, 1.807) is 12.1 Å². The predicted octanol–water partition coefficient (Wildman–Crippen LogP) is 3.59. The first-order valence-corrected chi connectivity index (χ1v) is 14.6. The summed E-state index contributed by atoms with van der Waals surface area (Å²) in [5.74, 6) is 0.298. The number of morpholine rings is 1. The van der Waals surface area contributed by atoms with Gasteiger partial charge in [0.1, 0.15) is 24.0 Å². The number of aliphatic hydroxyl groups excluding tert-OH is 1. The number of benzene rings is 3. The van der Waals surface area contributed by atoms with Gasteiger partial charge in [-0.25, -0.2) is 13.4 Å². The minimum Gasteiger partial charge on any atom is -0.491 e. The molecule has 216 valence electrons. The Kier molecular flexibility index (Phi) is 11.2. The second-order valence-electron chi connectivity index (χ2n) is 10.1. The molecule has 0 aliphatic carbocycles. The summed E-state index contributed by atoms with van der Waals surface area (Å²) >= 11 is 6.18. The number of nitrogens with zero attached hydrogens (tertiary/aromatic N) is 2. The lowest BCUT2D eigenvalue weighted by Crippen LogP contribution is -2.55. The fourth-order valence-electron chi connectivity index (χ4n) is 4.34. The fraction of sp³-hybridized carbons (Fsp3) is 0.393. The molecule has 40 heavy (non-hydrogen) atoms. The van der Waals surface area contributed by atoms with Crippen molar-refractivity contribution in [3.05, 3.63) is 72.3 Å². The van der Waals surface area contributed by atoms with Crippen molar-refractivity contribution in [2.75, 3.05) is 26.3 Å². The first-order chi connectivity index (χ1) is 18.6. The number of fused-ring (bicyclic) bond motifs is 1. The molecule has 1 saturated heterocycles. The number of halogens is 2. The standard InChI is InChI=1S/C28H33ClN4O5S.ClH/c1-28(2,16-20-10-11-21-6-3-4-7-22(21)14-20)31-18-23(34)19-38-24-8-5-9-25(15-24)39(35,36)32-33-12-13-37-26(17-30)27(33)29;/h3-11,14-15,23,26-27,31-32,34H,12-13,16,18-19H2,1-2H3;1H/t23-,26?,27?;/m1./s1. The van der Waals surface area contributed by atoms with E-state index in [4.69, 9.17) is 26.3 Å². The van der Waals surface area contributed by atoms with Crippen molar-refractivity contribution in [1.82, 2.24) is 15.2 Å². The molecular formula is C28H34Cl2N4O5S. The van der Waals surface area contributed by atoms with E-state index in [1.165, 1.54) is 33.5 Å². The summed E-state index contributed by atoms with van der Waals surface area (Å²) in [6.07, 6.45) is -0.988. The monoisotopic (exact) mass is 608 g/mol. The maximum atomic E-state index is 12.9. The SMILES string of the molecule is CC(C)(Cc1ccc2ccccc2c1)NC[C@@H](O)COc1cccc(S(=O)(=O)NN2CCOC(C#N)C2Cl)c1.Cl. The zero-order valence-electron chi connectivity index (χ0n) is 22.3. The molecule has 0 aromatic heterocycles. The topological polar surface area (TPSA) is 124 Å². The first-order valence-electron chi connectivity index (χ1n) is 12.6. The summed E-state index contributed by atoms with van der Waals surface area (Å²) in [6.45, 7) is 4.79. The molecule has 1 aliphatic heterocycles. The minimum absolute atomic E-state index is 0. The number of rotatable bonds is 11. The van der Waals surface area contributed by atoms with Crippen LogP contribution in [0.3, 0.4) is 0 Å².